The first-order valence-electron chi connectivity index (χ1n) is 31.8. The van der Waals surface area contributed by atoms with Crippen molar-refractivity contribution >= 4 is 21.8 Å². The van der Waals surface area contributed by atoms with E-state index in [-0.39, 0.29) is 11.5 Å². The van der Waals surface area contributed by atoms with E-state index < -0.39 is 13.0 Å². The number of pyridine rings is 1. The van der Waals surface area contributed by atoms with Gasteiger partial charge in [0.2, 0.25) is 0 Å². The molecule has 3 saturated heterocycles. The van der Waals surface area contributed by atoms with Crippen molar-refractivity contribution in [2.75, 3.05) is 40.3 Å². The number of H-pyrrole nitrogens is 1. The number of hydrogen-bond donors (Lipinski definition) is 3. The normalized spacial score (nSPS) is 17.2. The van der Waals surface area contributed by atoms with Gasteiger partial charge in [0.25, 0.3) is 0 Å². The fourth-order valence-electron chi connectivity index (χ4n) is 10.3. The molecule has 3 N–H and O–H groups in total. The van der Waals surface area contributed by atoms with E-state index in [1.54, 1.807) is 51.1 Å². The van der Waals surface area contributed by atoms with Gasteiger partial charge in [-0.15, -0.1) is 13.2 Å². The summed E-state index contributed by atoms with van der Waals surface area (Å²) in [5.41, 5.74) is 16.4. The fourth-order valence-corrected chi connectivity index (χ4v) is 10.3. The number of halogens is 5. The van der Waals surface area contributed by atoms with Gasteiger partial charge in [-0.1, -0.05) is 99.1 Å². The molecule has 5 heterocycles. The molecule has 11 rings (SSSR count). The third-order valence-electron chi connectivity index (χ3n) is 16.3. The number of phenolic OH excluding ortho intramolecular Hbond substituents is 1. The average Bonchev–Trinajstić information content (AvgIpc) is 2.29. The van der Waals surface area contributed by atoms with Crippen LogP contribution in [0.4, 0.5) is 22.0 Å². The van der Waals surface area contributed by atoms with Crippen molar-refractivity contribution in [3.63, 3.8) is 0 Å². The van der Waals surface area contributed by atoms with Gasteiger partial charge < -0.3 is 34.7 Å². The molecule has 0 bridgehead atoms. The van der Waals surface area contributed by atoms with Crippen LogP contribution in [-0.4, -0.2) is 90.2 Å². The van der Waals surface area contributed by atoms with Crippen LogP contribution in [0.3, 0.4) is 0 Å². The van der Waals surface area contributed by atoms with E-state index in [2.05, 4.69) is 192 Å². The van der Waals surface area contributed by atoms with Gasteiger partial charge in [0.1, 0.15) is 17.2 Å². The van der Waals surface area contributed by atoms with Gasteiger partial charge in [0.15, 0.2) is 0 Å². The van der Waals surface area contributed by atoms with Crippen LogP contribution in [0, 0.1) is 108 Å². The summed E-state index contributed by atoms with van der Waals surface area (Å²) in [4.78, 5) is 12.4. The smallest absolute Gasteiger partial charge is 0.508 e. The second kappa shape index (κ2) is 38.8. The highest BCUT2D eigenvalue weighted by Gasteiger charge is 2.31. The highest BCUT2D eigenvalue weighted by Crippen LogP contribution is 2.27. The van der Waals surface area contributed by atoms with E-state index >= 15 is 0 Å². The van der Waals surface area contributed by atoms with Crippen LogP contribution in [0.5, 0.6) is 17.2 Å². The Hall–Kier alpha value is -6.80. The predicted molar refractivity (Wildman–Crippen MR) is 370 cm³/mol. The highest BCUT2D eigenvalue weighted by atomic mass is 19.4. The largest absolute Gasteiger partial charge is 0.573 e. The van der Waals surface area contributed by atoms with Crippen molar-refractivity contribution in [3.05, 3.63) is 200 Å². The molecular formula is C77H108F5N5O3. The van der Waals surface area contributed by atoms with Gasteiger partial charge >= 0.3 is 13.0 Å². The summed E-state index contributed by atoms with van der Waals surface area (Å²) in [7, 11) is 4.41. The van der Waals surface area contributed by atoms with E-state index in [1.807, 2.05) is 51.4 Å². The van der Waals surface area contributed by atoms with Gasteiger partial charge in [-0.05, 0) is 303 Å². The third-order valence-corrected chi connectivity index (χ3v) is 16.3. The van der Waals surface area contributed by atoms with Gasteiger partial charge in [-0.3, -0.25) is 4.98 Å². The number of aryl methyl sites for hydroxylation is 13. The zero-order valence-corrected chi connectivity index (χ0v) is 57.9. The topological polar surface area (TPSA) is 85.9 Å². The van der Waals surface area contributed by atoms with Gasteiger partial charge in [-0.25, -0.2) is 0 Å². The average molecular weight is 1250 g/mol. The van der Waals surface area contributed by atoms with Gasteiger partial charge in [0.05, 0.1) is 5.52 Å². The number of fused-ring (bicyclic) bond motifs is 2. The van der Waals surface area contributed by atoms with E-state index in [0.29, 0.717) is 11.3 Å². The molecule has 3 fully saturated rings. The number of piperidine rings is 2. The maximum atomic E-state index is 11.8. The molecule has 0 spiro atoms. The van der Waals surface area contributed by atoms with Crippen LogP contribution in [0.1, 0.15) is 139 Å². The number of ether oxygens (including phenoxy) is 2. The lowest BCUT2D eigenvalue weighted by molar-refractivity contribution is -0.274. The molecule has 494 valence electrons. The van der Waals surface area contributed by atoms with Gasteiger partial charge in [0, 0.05) is 40.8 Å². The summed E-state index contributed by atoms with van der Waals surface area (Å²) in [5, 5.41) is 15.0. The molecule has 90 heavy (non-hydrogen) atoms. The fraction of sp³-hybridized carbons (Fsp3) is 0.468. The summed E-state index contributed by atoms with van der Waals surface area (Å²) < 4.78 is 67.2. The molecule has 0 aliphatic carbocycles. The Morgan fingerprint density at radius 1 is 0.511 bits per heavy atom. The maximum Gasteiger partial charge on any atom is 0.573 e. The molecule has 3 aliphatic heterocycles. The number of aromatic hydroxyl groups is 1. The van der Waals surface area contributed by atoms with Crippen LogP contribution >= 0.6 is 0 Å². The Kier molecular flexibility index (Phi) is 33.4. The molecule has 8 aromatic rings. The molecule has 0 amide bonds. The van der Waals surface area contributed by atoms with Crippen molar-refractivity contribution in [2.45, 2.75) is 182 Å². The monoisotopic (exact) mass is 1250 g/mol. The number of rotatable bonds is 3. The van der Waals surface area contributed by atoms with Crippen LogP contribution in [0.25, 0.3) is 21.8 Å². The number of nitrogens with zero attached hydrogens (tertiary/aromatic N) is 3. The van der Waals surface area contributed by atoms with E-state index in [4.69, 9.17) is 5.11 Å². The number of phenols is 1. The number of hydrogen-bond acceptors (Lipinski definition) is 7. The lowest BCUT2D eigenvalue weighted by atomic mass is 9.94. The number of aromatic amines is 1. The van der Waals surface area contributed by atoms with Crippen molar-refractivity contribution < 1.29 is 36.5 Å². The molecule has 3 aliphatic rings. The summed E-state index contributed by atoms with van der Waals surface area (Å²) >= 11 is 0. The van der Waals surface area contributed by atoms with E-state index in [0.717, 1.165) is 63.2 Å². The molecule has 0 radical (unpaired) electrons. The van der Waals surface area contributed by atoms with E-state index in [9.17, 15) is 22.0 Å². The minimum atomic E-state index is -4.61. The Bertz CT molecular complexity index is 3250. The second-order valence-electron chi connectivity index (χ2n) is 25.6. The Morgan fingerprint density at radius 2 is 1.00 bits per heavy atom. The molecular weight excluding hydrogens is 1140 g/mol. The number of likely N-dealkylation sites (tertiary alicyclic amines) is 2. The first-order valence-corrected chi connectivity index (χ1v) is 31.8. The first-order chi connectivity index (χ1) is 42.2. The summed E-state index contributed by atoms with van der Waals surface area (Å²) in [5.74, 6) is 3.29. The van der Waals surface area contributed by atoms with Crippen molar-refractivity contribution in [1.29, 1.82) is 0 Å². The van der Waals surface area contributed by atoms with Crippen LogP contribution in [0.15, 0.2) is 128 Å². The quantitative estimate of drug-likeness (QED) is 0.152. The molecule has 8 nitrogen and oxygen atoms in total. The molecule has 4 atom stereocenters. The summed E-state index contributed by atoms with van der Waals surface area (Å²) in [6.45, 7) is 39.4. The minimum absolute atomic E-state index is 0.132. The van der Waals surface area contributed by atoms with Crippen molar-refractivity contribution in [2.24, 2.45) is 17.8 Å². The maximum absolute atomic E-state index is 11.8. The van der Waals surface area contributed by atoms with Crippen molar-refractivity contribution in [1.82, 2.24) is 25.1 Å². The highest BCUT2D eigenvalue weighted by molar-refractivity contribution is 5.83. The first kappa shape index (κ1) is 77.4. The van der Waals surface area contributed by atoms with Crippen LogP contribution < -0.4 is 14.8 Å². The predicted octanol–water partition coefficient (Wildman–Crippen LogP) is 20.5. The zero-order valence-electron chi connectivity index (χ0n) is 57.9. The molecule has 2 aromatic heterocycles. The Labute approximate surface area is 538 Å². The third kappa shape index (κ3) is 30.3. The standard InChI is InChI=1S/C11H11N.C10H11N.C9H9F3O.C9H10F2O.C9H12.C8H10O.3C7H15N/c1-8-3-4-10-5-9(2)7-12-11(10)6-8;1-7-5-8(2)9-3-4-11-10(9)6-7;1-6-3-4-7(2)8(5-6)13-9(10,11)12;1-6-3-4-7(2)8(5-6)12-9(10)11;1-7-4-5-8(2)9(3)6-7;1-6-3-4-7(2)8(9)5-6;1-6-3-7(2)5-8-4-6;1-6-4-5-7(2)8(6)3;1-7-3-5-8(2)6-4-7/h3-7H,1-2H3;3-6,11H,1-2H3;3-5H,1-2H3;3-5,9H,1-2H3;4-6H,1-3H3;3-5,9H,1-2H3;6-8H,3-5H2,1-2H3;6-7H,4-5H2,1-3H3;7H,3-6H2,1-2H3. The number of nitrogens with one attached hydrogen (secondary N) is 2. The second-order valence-corrected chi connectivity index (χ2v) is 25.6. The lowest BCUT2D eigenvalue weighted by Crippen LogP contribution is -2.33. The SMILES string of the molecule is CC1CCC(C)N1C.CC1CCN(C)CC1.CC1CNCC(C)C1.Cc1cc(C)c2cc[nH]c2c1.Cc1ccc(C)c(C)c1.Cc1ccc(C)c(O)c1.Cc1ccc(C)c(OC(F)(F)F)c1.Cc1ccc(C)c(OC(F)F)c1.Cc1cnc2cc(C)ccc2c1. The lowest BCUT2D eigenvalue weighted by Gasteiger charge is -2.26. The van der Waals surface area contributed by atoms with Crippen molar-refractivity contribution in [3.8, 4) is 17.2 Å². The Morgan fingerprint density at radius 3 is 1.47 bits per heavy atom. The number of benzene rings is 6. The summed E-state index contributed by atoms with van der Waals surface area (Å²) in [6.07, 6.45) is 6.26. The zero-order chi connectivity index (χ0) is 67.4. The minimum Gasteiger partial charge on any atom is -0.508 e. The van der Waals surface area contributed by atoms with Crippen LogP contribution in [0.2, 0.25) is 0 Å². The molecule has 13 heteroatoms. The van der Waals surface area contributed by atoms with Crippen LogP contribution in [-0.2, 0) is 0 Å². The summed E-state index contributed by atoms with van der Waals surface area (Å²) in [6, 6.07) is 38.7. The molecule has 4 unspecified atom stereocenters. The van der Waals surface area contributed by atoms with Gasteiger partial charge in [-0.2, -0.15) is 8.78 Å². The Balaban J connectivity index is 0.000000266. The van der Waals surface area contributed by atoms with E-state index in [1.165, 1.54) is 120 Å². The number of aromatic nitrogens is 2. The number of alkyl halides is 5. The molecule has 0 saturated carbocycles. The molecule has 6 aromatic carbocycles.